The molecule has 0 radical (unpaired) electrons. The van der Waals surface area contributed by atoms with Gasteiger partial charge in [0, 0.05) is 18.2 Å². The molecule has 90 valence electrons. The van der Waals surface area contributed by atoms with Crippen molar-refractivity contribution >= 4 is 11.6 Å². The number of benzene rings is 1. The molecule has 3 rings (SSSR count). The number of rotatable bonds is 2. The Bertz CT molecular complexity index is 452. The summed E-state index contributed by atoms with van der Waals surface area (Å²) in [6, 6.07) is 6.44. The predicted molar refractivity (Wildman–Crippen MR) is 67.7 cm³/mol. The van der Waals surface area contributed by atoms with E-state index in [1.54, 1.807) is 0 Å². The molecule has 1 aliphatic heterocycles. The maximum Gasteiger partial charge on any atom is 0.224 e. The maximum atomic E-state index is 11.4. The van der Waals surface area contributed by atoms with E-state index in [4.69, 9.17) is 5.73 Å². The fourth-order valence-electron chi connectivity index (χ4n) is 2.53. The van der Waals surface area contributed by atoms with Crippen LogP contribution in [-0.2, 0) is 11.2 Å². The van der Waals surface area contributed by atoms with Crippen LogP contribution in [0.25, 0.3) is 0 Å². The molecular weight excluding hydrogens is 212 g/mol. The summed E-state index contributed by atoms with van der Waals surface area (Å²) >= 11 is 0. The quantitative estimate of drug-likeness (QED) is 0.819. The summed E-state index contributed by atoms with van der Waals surface area (Å²) in [5.41, 5.74) is 9.65. The highest BCUT2D eigenvalue weighted by molar-refractivity contribution is 5.92. The highest BCUT2D eigenvalue weighted by Crippen LogP contribution is 2.40. The molecule has 17 heavy (non-hydrogen) atoms. The van der Waals surface area contributed by atoms with Crippen molar-refractivity contribution in [2.24, 2.45) is 11.7 Å². The van der Waals surface area contributed by atoms with Gasteiger partial charge in [0.15, 0.2) is 0 Å². The lowest BCUT2D eigenvalue weighted by Crippen LogP contribution is -2.13. The van der Waals surface area contributed by atoms with E-state index in [2.05, 4.69) is 17.4 Å². The van der Waals surface area contributed by atoms with E-state index in [0.717, 1.165) is 18.5 Å². The molecule has 1 fully saturated rings. The molecule has 3 N–H and O–H groups in total. The second kappa shape index (κ2) is 4.15. The van der Waals surface area contributed by atoms with Crippen molar-refractivity contribution in [2.75, 3.05) is 5.32 Å². The lowest BCUT2D eigenvalue weighted by molar-refractivity contribution is -0.116. The number of fused-ring (bicyclic) bond motifs is 1. The maximum absolute atomic E-state index is 11.4. The molecule has 0 aromatic heterocycles. The smallest absolute Gasteiger partial charge is 0.224 e. The minimum Gasteiger partial charge on any atom is -0.326 e. The van der Waals surface area contributed by atoms with Crippen molar-refractivity contribution in [2.45, 2.75) is 38.1 Å². The fourth-order valence-corrected chi connectivity index (χ4v) is 2.53. The second-order valence-electron chi connectivity index (χ2n) is 5.18. The van der Waals surface area contributed by atoms with Crippen molar-refractivity contribution in [3.05, 3.63) is 29.3 Å². The number of aryl methyl sites for hydroxylation is 1. The number of nitrogens with two attached hydrogens (primary N) is 1. The molecule has 1 aliphatic carbocycles. The fraction of sp³-hybridized carbons (Fsp3) is 0.500. The van der Waals surface area contributed by atoms with Crippen LogP contribution in [-0.4, -0.2) is 5.91 Å². The van der Waals surface area contributed by atoms with Crippen LogP contribution in [0.2, 0.25) is 0 Å². The third kappa shape index (κ3) is 2.20. The Morgan fingerprint density at radius 1 is 1.29 bits per heavy atom. The molecular formula is C14H18N2O. The number of carbonyl (C=O) groups is 1. The first-order valence-electron chi connectivity index (χ1n) is 6.42. The van der Waals surface area contributed by atoms with Crippen LogP contribution in [0.1, 0.15) is 42.9 Å². The molecule has 1 aromatic carbocycles. The van der Waals surface area contributed by atoms with Crippen LogP contribution in [0.3, 0.4) is 0 Å². The van der Waals surface area contributed by atoms with Gasteiger partial charge in [-0.2, -0.15) is 0 Å². The van der Waals surface area contributed by atoms with Crippen LogP contribution < -0.4 is 11.1 Å². The molecule has 0 spiro atoms. The van der Waals surface area contributed by atoms with Crippen molar-refractivity contribution in [1.82, 2.24) is 0 Å². The SMILES string of the molecule is NC(c1ccc2c(c1)CCCC(=O)N2)C1CC1. The van der Waals surface area contributed by atoms with Crippen molar-refractivity contribution in [1.29, 1.82) is 0 Å². The van der Waals surface area contributed by atoms with E-state index in [-0.39, 0.29) is 11.9 Å². The highest BCUT2D eigenvalue weighted by Gasteiger charge is 2.29. The lowest BCUT2D eigenvalue weighted by atomic mass is 9.98. The molecule has 2 aliphatic rings. The van der Waals surface area contributed by atoms with E-state index < -0.39 is 0 Å². The van der Waals surface area contributed by atoms with Gasteiger partial charge in [0.25, 0.3) is 0 Å². The van der Waals surface area contributed by atoms with Gasteiger partial charge in [-0.1, -0.05) is 12.1 Å². The first-order chi connectivity index (χ1) is 8.24. The van der Waals surface area contributed by atoms with Gasteiger partial charge in [0.2, 0.25) is 5.91 Å². The normalized spacial score (nSPS) is 21.4. The third-order valence-electron chi connectivity index (χ3n) is 3.77. The second-order valence-corrected chi connectivity index (χ2v) is 5.18. The van der Waals surface area contributed by atoms with E-state index >= 15 is 0 Å². The molecule has 1 saturated carbocycles. The molecule has 1 atom stereocenters. The van der Waals surface area contributed by atoms with Gasteiger partial charge in [-0.25, -0.2) is 0 Å². The number of nitrogens with one attached hydrogen (secondary N) is 1. The van der Waals surface area contributed by atoms with Gasteiger partial charge in [-0.05, 0) is 48.8 Å². The summed E-state index contributed by atoms with van der Waals surface area (Å²) in [5.74, 6) is 0.802. The van der Waals surface area contributed by atoms with Crippen LogP contribution in [0.5, 0.6) is 0 Å². The number of amides is 1. The molecule has 3 heteroatoms. The zero-order chi connectivity index (χ0) is 11.8. The number of anilines is 1. The Hall–Kier alpha value is -1.35. The van der Waals surface area contributed by atoms with Crippen LogP contribution in [0.15, 0.2) is 18.2 Å². The molecule has 1 aromatic rings. The van der Waals surface area contributed by atoms with Gasteiger partial charge >= 0.3 is 0 Å². The molecule has 1 amide bonds. The molecule has 3 nitrogen and oxygen atoms in total. The zero-order valence-corrected chi connectivity index (χ0v) is 9.91. The summed E-state index contributed by atoms with van der Waals surface area (Å²) in [6.45, 7) is 0. The van der Waals surface area contributed by atoms with E-state index in [1.165, 1.54) is 24.0 Å². The average Bonchev–Trinajstić information content (AvgIpc) is 3.14. The van der Waals surface area contributed by atoms with Gasteiger partial charge in [0.1, 0.15) is 0 Å². The summed E-state index contributed by atoms with van der Waals surface area (Å²) in [4.78, 5) is 11.4. The summed E-state index contributed by atoms with van der Waals surface area (Å²) in [5, 5.41) is 2.95. The Morgan fingerprint density at radius 2 is 2.12 bits per heavy atom. The Balaban J connectivity index is 1.89. The predicted octanol–water partition coefficient (Wildman–Crippen LogP) is 2.37. The lowest BCUT2D eigenvalue weighted by Gasteiger charge is -2.14. The van der Waals surface area contributed by atoms with E-state index in [9.17, 15) is 4.79 Å². The molecule has 0 saturated heterocycles. The van der Waals surface area contributed by atoms with Gasteiger partial charge < -0.3 is 11.1 Å². The third-order valence-corrected chi connectivity index (χ3v) is 3.77. The first-order valence-corrected chi connectivity index (χ1v) is 6.42. The summed E-state index contributed by atoms with van der Waals surface area (Å²) < 4.78 is 0. The van der Waals surface area contributed by atoms with Crippen molar-refractivity contribution in [3.8, 4) is 0 Å². The number of hydrogen-bond donors (Lipinski definition) is 2. The highest BCUT2D eigenvalue weighted by atomic mass is 16.1. The minimum absolute atomic E-state index is 0.128. The topological polar surface area (TPSA) is 55.1 Å². The summed E-state index contributed by atoms with van der Waals surface area (Å²) in [6.07, 6.45) is 5.04. The van der Waals surface area contributed by atoms with Gasteiger partial charge in [-0.3, -0.25) is 4.79 Å². The Morgan fingerprint density at radius 3 is 2.88 bits per heavy atom. The summed E-state index contributed by atoms with van der Waals surface area (Å²) in [7, 11) is 0. The standard InChI is InChI=1S/C14H18N2O/c15-14(9-4-5-9)11-6-7-12-10(8-11)2-1-3-13(17)16-12/h6-9,14H,1-5,15H2,(H,16,17). The molecule has 1 heterocycles. The van der Waals surface area contributed by atoms with Gasteiger partial charge in [-0.15, -0.1) is 0 Å². The zero-order valence-electron chi connectivity index (χ0n) is 9.91. The van der Waals surface area contributed by atoms with Gasteiger partial charge in [0.05, 0.1) is 0 Å². The van der Waals surface area contributed by atoms with Crippen LogP contribution in [0.4, 0.5) is 5.69 Å². The average molecular weight is 230 g/mol. The van der Waals surface area contributed by atoms with E-state index in [1.807, 2.05) is 6.07 Å². The molecule has 0 bridgehead atoms. The van der Waals surface area contributed by atoms with Crippen molar-refractivity contribution in [3.63, 3.8) is 0 Å². The largest absolute Gasteiger partial charge is 0.326 e. The Kier molecular flexibility index (Phi) is 2.63. The van der Waals surface area contributed by atoms with Crippen LogP contribution >= 0.6 is 0 Å². The Labute approximate surface area is 101 Å². The number of carbonyl (C=O) groups excluding carboxylic acids is 1. The van der Waals surface area contributed by atoms with Crippen molar-refractivity contribution < 1.29 is 4.79 Å². The monoisotopic (exact) mass is 230 g/mol. The minimum atomic E-state index is 0.128. The molecule has 1 unspecified atom stereocenters. The first kappa shape index (κ1) is 10.8. The van der Waals surface area contributed by atoms with E-state index in [0.29, 0.717) is 12.3 Å². The number of hydrogen-bond acceptors (Lipinski definition) is 2. The van der Waals surface area contributed by atoms with Crippen LogP contribution in [0, 0.1) is 5.92 Å².